The lowest BCUT2D eigenvalue weighted by atomic mass is 9.66. The second-order valence-electron chi connectivity index (χ2n) is 10.9. The Kier molecular flexibility index (Phi) is 8.03. The maximum atomic E-state index is 14.8. The molecule has 3 aliphatic rings. The first-order valence-electron chi connectivity index (χ1n) is 13.8. The van der Waals surface area contributed by atoms with Gasteiger partial charge in [0.25, 0.3) is 5.91 Å². The standard InChI is InChI=1S/C32H36N2O6S/c1-5-18-33(22-12-14-23(39-4)15-13-22)29(37)27-32-17-16-31(3,41-32)26(30(38)40-19-6-2)25(32)28(36)34(27)24(20-35)21-10-8-7-9-11-21/h5-15,24-27,35H,1-2,16-20H2,3-4H3/t24-,25+,26-,27?,31+,32?/m1/s1. The van der Waals surface area contributed by atoms with Crippen LogP contribution in [0.4, 0.5) is 5.69 Å². The molecule has 0 aromatic heterocycles. The van der Waals surface area contributed by atoms with Gasteiger partial charge in [-0.25, -0.2) is 0 Å². The zero-order valence-electron chi connectivity index (χ0n) is 23.4. The summed E-state index contributed by atoms with van der Waals surface area (Å²) in [4.78, 5) is 46.0. The summed E-state index contributed by atoms with van der Waals surface area (Å²) in [5, 5.41) is 10.7. The van der Waals surface area contributed by atoms with Gasteiger partial charge in [0.15, 0.2) is 0 Å². The number of hydrogen-bond acceptors (Lipinski definition) is 7. The van der Waals surface area contributed by atoms with Crippen molar-refractivity contribution in [1.29, 1.82) is 0 Å². The number of carbonyl (C=O) groups is 3. The van der Waals surface area contributed by atoms with Crippen LogP contribution in [0.5, 0.6) is 5.75 Å². The predicted octanol–water partition coefficient (Wildman–Crippen LogP) is 4.16. The van der Waals surface area contributed by atoms with Gasteiger partial charge >= 0.3 is 5.97 Å². The van der Waals surface area contributed by atoms with E-state index in [1.807, 2.05) is 37.3 Å². The number of carbonyl (C=O) groups excluding carboxylic acids is 3. The van der Waals surface area contributed by atoms with Crippen molar-refractivity contribution in [3.05, 3.63) is 85.5 Å². The molecule has 41 heavy (non-hydrogen) atoms. The molecule has 9 heteroatoms. The Balaban J connectivity index is 1.65. The second-order valence-corrected chi connectivity index (χ2v) is 12.8. The summed E-state index contributed by atoms with van der Waals surface area (Å²) in [5.74, 6) is -1.88. The molecule has 0 radical (unpaired) electrons. The molecule has 1 spiro atoms. The Morgan fingerprint density at radius 2 is 1.85 bits per heavy atom. The minimum absolute atomic E-state index is 0.0456. The van der Waals surface area contributed by atoms with E-state index in [0.717, 1.165) is 0 Å². The number of methoxy groups -OCH3 is 1. The van der Waals surface area contributed by atoms with Crippen molar-refractivity contribution in [2.24, 2.45) is 11.8 Å². The number of aliphatic hydroxyl groups is 1. The number of ether oxygens (including phenoxy) is 2. The Hall–Kier alpha value is -3.56. The van der Waals surface area contributed by atoms with Crippen LogP contribution in [-0.2, 0) is 19.1 Å². The van der Waals surface area contributed by atoms with E-state index in [1.165, 1.54) is 6.08 Å². The molecule has 0 saturated carbocycles. The third-order valence-corrected chi connectivity index (χ3v) is 10.7. The van der Waals surface area contributed by atoms with Gasteiger partial charge in [-0.3, -0.25) is 14.4 Å². The quantitative estimate of drug-likeness (QED) is 0.317. The number of fused-ring (bicyclic) bond motifs is 1. The van der Waals surface area contributed by atoms with Crippen LogP contribution in [0.15, 0.2) is 79.9 Å². The van der Waals surface area contributed by atoms with Gasteiger partial charge in [0, 0.05) is 17.0 Å². The number of likely N-dealkylation sites (tertiary alicyclic amines) is 1. The molecule has 5 rings (SSSR count). The van der Waals surface area contributed by atoms with Gasteiger partial charge < -0.3 is 24.4 Å². The Morgan fingerprint density at radius 3 is 2.46 bits per heavy atom. The number of thioether (sulfide) groups is 1. The Morgan fingerprint density at radius 1 is 1.15 bits per heavy atom. The summed E-state index contributed by atoms with van der Waals surface area (Å²) in [6.07, 6.45) is 4.39. The van der Waals surface area contributed by atoms with E-state index in [2.05, 4.69) is 13.2 Å². The van der Waals surface area contributed by atoms with Crippen molar-refractivity contribution < 1.29 is 29.0 Å². The average molecular weight is 577 g/mol. The van der Waals surface area contributed by atoms with Crippen molar-refractivity contribution >= 4 is 35.2 Å². The third kappa shape index (κ3) is 4.65. The molecule has 8 nitrogen and oxygen atoms in total. The largest absolute Gasteiger partial charge is 0.497 e. The number of nitrogens with zero attached hydrogens (tertiary/aromatic N) is 2. The van der Waals surface area contributed by atoms with Crippen molar-refractivity contribution in [3.8, 4) is 5.75 Å². The van der Waals surface area contributed by atoms with Crippen molar-refractivity contribution in [2.45, 2.75) is 41.3 Å². The molecule has 3 saturated heterocycles. The van der Waals surface area contributed by atoms with E-state index in [-0.39, 0.29) is 31.6 Å². The summed E-state index contributed by atoms with van der Waals surface area (Å²) in [6.45, 7) is 9.40. The summed E-state index contributed by atoms with van der Waals surface area (Å²) in [6, 6.07) is 14.7. The molecule has 6 atom stereocenters. The van der Waals surface area contributed by atoms with Crippen LogP contribution in [0.25, 0.3) is 0 Å². The van der Waals surface area contributed by atoms with Crippen LogP contribution < -0.4 is 9.64 Å². The van der Waals surface area contributed by atoms with E-state index in [0.29, 0.717) is 29.8 Å². The van der Waals surface area contributed by atoms with Crippen molar-refractivity contribution in [1.82, 2.24) is 4.90 Å². The predicted molar refractivity (Wildman–Crippen MR) is 159 cm³/mol. The smallest absolute Gasteiger partial charge is 0.311 e. The molecule has 2 unspecified atom stereocenters. The molecule has 2 bridgehead atoms. The highest BCUT2D eigenvalue weighted by Crippen LogP contribution is 2.72. The first-order chi connectivity index (χ1) is 19.8. The average Bonchev–Trinajstić information content (AvgIpc) is 3.56. The van der Waals surface area contributed by atoms with Gasteiger partial charge in [-0.15, -0.1) is 18.3 Å². The molecule has 3 aliphatic heterocycles. The lowest BCUT2D eigenvalue weighted by Crippen LogP contribution is -2.56. The summed E-state index contributed by atoms with van der Waals surface area (Å²) >= 11 is 1.56. The minimum Gasteiger partial charge on any atom is -0.497 e. The molecular weight excluding hydrogens is 540 g/mol. The van der Waals surface area contributed by atoms with Crippen LogP contribution in [0.3, 0.4) is 0 Å². The molecule has 3 heterocycles. The monoisotopic (exact) mass is 576 g/mol. The maximum Gasteiger partial charge on any atom is 0.311 e. The number of esters is 1. The maximum absolute atomic E-state index is 14.8. The van der Waals surface area contributed by atoms with Gasteiger partial charge in [0.05, 0.1) is 36.3 Å². The summed E-state index contributed by atoms with van der Waals surface area (Å²) in [5.41, 5.74) is 1.35. The number of aliphatic hydroxyl groups excluding tert-OH is 1. The van der Waals surface area contributed by atoms with Crippen molar-refractivity contribution in [3.63, 3.8) is 0 Å². The van der Waals surface area contributed by atoms with Crippen LogP contribution in [0, 0.1) is 11.8 Å². The van der Waals surface area contributed by atoms with Crippen LogP contribution in [0.2, 0.25) is 0 Å². The molecule has 0 aliphatic carbocycles. The fourth-order valence-corrected chi connectivity index (χ4v) is 9.28. The lowest BCUT2D eigenvalue weighted by molar-refractivity contribution is -0.155. The fraction of sp³-hybridized carbons (Fsp3) is 0.406. The number of hydrogen-bond donors (Lipinski definition) is 1. The van der Waals surface area contributed by atoms with Crippen LogP contribution in [0.1, 0.15) is 31.4 Å². The number of amides is 2. The van der Waals surface area contributed by atoms with Gasteiger partial charge in [-0.1, -0.05) is 49.1 Å². The Labute approximate surface area is 245 Å². The number of anilines is 1. The molecule has 3 fully saturated rings. The van der Waals surface area contributed by atoms with E-state index < -0.39 is 39.4 Å². The first-order valence-corrected chi connectivity index (χ1v) is 14.6. The van der Waals surface area contributed by atoms with Gasteiger partial charge in [-0.05, 0) is 49.6 Å². The van der Waals surface area contributed by atoms with Crippen molar-refractivity contribution in [2.75, 3.05) is 31.8 Å². The molecule has 1 N–H and O–H groups in total. The molecule has 2 amide bonds. The summed E-state index contributed by atoms with van der Waals surface area (Å²) in [7, 11) is 1.58. The summed E-state index contributed by atoms with van der Waals surface area (Å²) < 4.78 is 9.39. The Bertz CT molecular complexity index is 1330. The third-order valence-electron chi connectivity index (χ3n) is 8.70. The van der Waals surface area contributed by atoms with Gasteiger partial charge in [0.2, 0.25) is 5.91 Å². The minimum atomic E-state index is -0.927. The highest BCUT2D eigenvalue weighted by molar-refractivity contribution is 8.02. The van der Waals surface area contributed by atoms with Crippen LogP contribution in [-0.4, -0.2) is 70.2 Å². The normalized spacial score (nSPS) is 28.6. The number of rotatable bonds is 11. The van der Waals surface area contributed by atoms with E-state index in [1.54, 1.807) is 59.0 Å². The topological polar surface area (TPSA) is 96.4 Å². The van der Waals surface area contributed by atoms with E-state index in [4.69, 9.17) is 9.47 Å². The van der Waals surface area contributed by atoms with E-state index in [9.17, 15) is 19.5 Å². The molecule has 216 valence electrons. The lowest BCUT2D eigenvalue weighted by Gasteiger charge is -2.39. The van der Waals surface area contributed by atoms with E-state index >= 15 is 0 Å². The zero-order valence-corrected chi connectivity index (χ0v) is 24.2. The number of benzene rings is 2. The van der Waals surface area contributed by atoms with Gasteiger partial charge in [-0.2, -0.15) is 0 Å². The fourth-order valence-electron chi connectivity index (χ4n) is 6.96. The molecule has 2 aromatic carbocycles. The highest BCUT2D eigenvalue weighted by Gasteiger charge is 2.78. The van der Waals surface area contributed by atoms with Gasteiger partial charge in [0.1, 0.15) is 18.4 Å². The zero-order chi connectivity index (χ0) is 29.4. The molecule has 2 aromatic rings. The highest BCUT2D eigenvalue weighted by atomic mass is 32.2. The SMILES string of the molecule is C=CCOC(=O)[C@H]1[C@H]2C(=O)N([C@H](CO)c3ccccc3)C(C(=O)N(CC=C)c3ccc(OC)cc3)C23CC[C@]1(C)S3. The second kappa shape index (κ2) is 11.4. The first kappa shape index (κ1) is 29.0. The van der Waals surface area contributed by atoms with Crippen LogP contribution >= 0.6 is 11.8 Å². The molecular formula is C32H36N2O6S.